The minimum absolute atomic E-state index is 0.00472. The number of hydrogen-bond donors (Lipinski definition) is 0. The van der Waals surface area contributed by atoms with E-state index in [9.17, 15) is 34.8 Å². The Kier molecular flexibility index (Phi) is 6.53. The molecular formula is C26H17F6N5O2S. The first kappa shape index (κ1) is 27.1. The smallest absolute Gasteiger partial charge is 0.301 e. The number of benzene rings is 3. The van der Waals surface area contributed by atoms with Crippen LogP contribution in [-0.4, -0.2) is 39.2 Å². The molecule has 0 spiro atoms. The Hall–Kier alpha value is -4.46. The molecule has 0 N–H and O–H groups in total. The van der Waals surface area contributed by atoms with Crippen molar-refractivity contribution in [3.63, 3.8) is 0 Å². The fourth-order valence-corrected chi connectivity index (χ4v) is 4.82. The molecule has 0 radical (unpaired) electrons. The average molecular weight is 578 g/mol. The third kappa shape index (κ3) is 4.97. The Balaban J connectivity index is 1.77. The molecule has 0 aliphatic heterocycles. The third-order valence-electron chi connectivity index (χ3n) is 6.06. The Labute approximate surface area is 223 Å². The zero-order chi connectivity index (χ0) is 29.0. The number of rotatable bonds is 5. The van der Waals surface area contributed by atoms with E-state index in [1.54, 1.807) is 12.1 Å². The second kappa shape index (κ2) is 9.62. The van der Waals surface area contributed by atoms with Gasteiger partial charge >= 0.3 is 6.18 Å². The number of aryl methyl sites for hydroxylation is 1. The number of alkyl halides is 3. The first-order valence-corrected chi connectivity index (χ1v) is 13.3. The van der Waals surface area contributed by atoms with Crippen LogP contribution in [0.25, 0.3) is 33.8 Å². The van der Waals surface area contributed by atoms with E-state index in [1.807, 2.05) is 0 Å². The van der Waals surface area contributed by atoms with Crippen LogP contribution < -0.4 is 0 Å². The first-order chi connectivity index (χ1) is 18.7. The Morgan fingerprint density at radius 1 is 0.850 bits per heavy atom. The van der Waals surface area contributed by atoms with Crippen LogP contribution in [0.2, 0.25) is 0 Å². The molecular weight excluding hydrogens is 560 g/mol. The van der Waals surface area contributed by atoms with Crippen molar-refractivity contribution in [2.24, 2.45) is 0 Å². The molecule has 3 aromatic carbocycles. The number of halogens is 6. The molecule has 0 unspecified atom stereocenters. The molecule has 5 aromatic rings. The summed E-state index contributed by atoms with van der Waals surface area (Å²) < 4.78 is 109. The van der Waals surface area contributed by atoms with Crippen molar-refractivity contribution in [1.29, 1.82) is 0 Å². The molecule has 0 bridgehead atoms. The maximum absolute atomic E-state index is 14.1. The summed E-state index contributed by atoms with van der Waals surface area (Å²) in [6.07, 6.45) is -1.76. The summed E-state index contributed by atoms with van der Waals surface area (Å²) in [5, 5.41) is 7.78. The average Bonchev–Trinajstić information content (AvgIpc) is 3.53. The van der Waals surface area contributed by atoms with Gasteiger partial charge in [0.05, 0.1) is 28.2 Å². The van der Waals surface area contributed by atoms with Crippen molar-refractivity contribution in [2.75, 3.05) is 6.26 Å². The third-order valence-corrected chi connectivity index (χ3v) is 7.17. The second-order valence-corrected chi connectivity index (χ2v) is 10.8. The van der Waals surface area contributed by atoms with Crippen LogP contribution in [0.15, 0.2) is 71.9 Å². The van der Waals surface area contributed by atoms with Gasteiger partial charge in [0, 0.05) is 18.0 Å². The minimum Gasteiger partial charge on any atom is -0.301 e. The molecule has 0 amide bonds. The number of hydrogen-bond acceptors (Lipinski definition) is 5. The van der Waals surface area contributed by atoms with Gasteiger partial charge in [0.15, 0.2) is 33.0 Å². The van der Waals surface area contributed by atoms with Crippen molar-refractivity contribution >= 4 is 9.84 Å². The van der Waals surface area contributed by atoms with E-state index >= 15 is 0 Å². The van der Waals surface area contributed by atoms with Crippen molar-refractivity contribution < 1.29 is 34.8 Å². The lowest BCUT2D eigenvalue weighted by Gasteiger charge is -2.16. The van der Waals surface area contributed by atoms with Gasteiger partial charge in [0.25, 0.3) is 0 Å². The van der Waals surface area contributed by atoms with Crippen molar-refractivity contribution in [2.45, 2.75) is 18.0 Å². The van der Waals surface area contributed by atoms with E-state index in [0.717, 1.165) is 40.0 Å². The number of sulfone groups is 1. The molecule has 0 aliphatic carbocycles. The van der Waals surface area contributed by atoms with Gasteiger partial charge < -0.3 is 4.57 Å². The highest BCUT2D eigenvalue weighted by Gasteiger charge is 2.35. The van der Waals surface area contributed by atoms with Crippen LogP contribution in [0.5, 0.6) is 0 Å². The lowest BCUT2D eigenvalue weighted by molar-refractivity contribution is -0.141. The monoisotopic (exact) mass is 577 g/mol. The quantitative estimate of drug-likeness (QED) is 0.191. The molecule has 206 valence electrons. The molecule has 5 rings (SSSR count). The minimum atomic E-state index is -4.73. The fraction of sp³-hybridized carbons (Fsp3) is 0.115. The van der Waals surface area contributed by atoms with Crippen molar-refractivity contribution in [1.82, 2.24) is 24.5 Å². The van der Waals surface area contributed by atoms with E-state index in [0.29, 0.717) is 11.1 Å². The Bertz CT molecular complexity index is 1860. The van der Waals surface area contributed by atoms with Crippen LogP contribution in [-0.2, 0) is 16.0 Å². The lowest BCUT2D eigenvalue weighted by Crippen LogP contribution is -2.08. The van der Waals surface area contributed by atoms with Crippen molar-refractivity contribution in [3.05, 3.63) is 96.0 Å². The summed E-state index contributed by atoms with van der Waals surface area (Å²) in [4.78, 5) is 3.64. The van der Waals surface area contributed by atoms with Crippen molar-refractivity contribution in [3.8, 4) is 33.8 Å². The highest BCUT2D eigenvalue weighted by Crippen LogP contribution is 2.34. The molecule has 0 saturated carbocycles. The topological polar surface area (TPSA) is 82.7 Å². The van der Waals surface area contributed by atoms with Gasteiger partial charge in [-0.2, -0.15) is 13.2 Å². The fourth-order valence-electron chi connectivity index (χ4n) is 4.15. The summed E-state index contributed by atoms with van der Waals surface area (Å²) in [5.41, 5.74) is -0.162. The van der Waals surface area contributed by atoms with Crippen LogP contribution in [0, 0.1) is 24.4 Å². The molecule has 2 aromatic heterocycles. The zero-order valence-electron chi connectivity index (χ0n) is 20.6. The van der Waals surface area contributed by atoms with Gasteiger partial charge in [-0.15, -0.1) is 5.10 Å². The molecule has 0 atom stereocenters. The van der Waals surface area contributed by atoms with Gasteiger partial charge in [0.1, 0.15) is 5.82 Å². The number of aromatic nitrogens is 5. The summed E-state index contributed by atoms with van der Waals surface area (Å²) in [6.45, 7) is 1.36. The molecule has 7 nitrogen and oxygen atoms in total. The number of imidazole rings is 1. The van der Waals surface area contributed by atoms with E-state index in [1.165, 1.54) is 37.3 Å². The maximum atomic E-state index is 14.1. The number of nitrogens with zero attached hydrogens (tertiary/aromatic N) is 5. The largest absolute Gasteiger partial charge is 0.434 e. The van der Waals surface area contributed by atoms with E-state index < -0.39 is 39.2 Å². The summed E-state index contributed by atoms with van der Waals surface area (Å²) in [5.74, 6) is -4.63. The molecule has 0 saturated heterocycles. The molecule has 0 fully saturated rings. The predicted octanol–water partition coefficient (Wildman–Crippen LogP) is 5.94. The van der Waals surface area contributed by atoms with Crippen LogP contribution in [0.3, 0.4) is 0 Å². The van der Waals surface area contributed by atoms with Gasteiger partial charge in [0.2, 0.25) is 0 Å². The van der Waals surface area contributed by atoms with Gasteiger partial charge in [-0.1, -0.05) is 23.4 Å². The first-order valence-electron chi connectivity index (χ1n) is 11.4. The van der Waals surface area contributed by atoms with Gasteiger partial charge in [-0.3, -0.25) is 0 Å². The van der Waals surface area contributed by atoms with Crippen LogP contribution >= 0.6 is 0 Å². The molecule has 2 heterocycles. The van der Waals surface area contributed by atoms with E-state index in [-0.39, 0.29) is 33.4 Å². The lowest BCUT2D eigenvalue weighted by atomic mass is 10.0. The van der Waals surface area contributed by atoms with E-state index in [2.05, 4.69) is 15.3 Å². The molecule has 14 heteroatoms. The Morgan fingerprint density at radius 2 is 1.52 bits per heavy atom. The normalized spacial score (nSPS) is 12.2. The zero-order valence-corrected chi connectivity index (χ0v) is 21.4. The standard InChI is InChI=1S/C26H17F6N5O2S/c1-14-34-24(26(30,31)32)13-36(14)21-7-6-16(15-4-3-5-18(8-15)40(2,38)39)11-22(21)37-23(12-33-35-37)17-9-19(27)25(29)20(28)10-17/h3-13H,1-2H3. The maximum Gasteiger partial charge on any atom is 0.434 e. The summed E-state index contributed by atoms with van der Waals surface area (Å²) in [7, 11) is -3.56. The summed E-state index contributed by atoms with van der Waals surface area (Å²) in [6, 6.07) is 12.0. The summed E-state index contributed by atoms with van der Waals surface area (Å²) >= 11 is 0. The Morgan fingerprint density at radius 3 is 2.15 bits per heavy atom. The van der Waals surface area contributed by atoms with Crippen LogP contribution in [0.4, 0.5) is 26.3 Å². The highest BCUT2D eigenvalue weighted by atomic mass is 32.2. The predicted molar refractivity (Wildman–Crippen MR) is 132 cm³/mol. The second-order valence-electron chi connectivity index (χ2n) is 8.83. The molecule has 40 heavy (non-hydrogen) atoms. The SMILES string of the molecule is Cc1nc(C(F)(F)F)cn1-c1ccc(-c2cccc(S(C)(=O)=O)c2)cc1-n1nncc1-c1cc(F)c(F)c(F)c1. The van der Waals surface area contributed by atoms with E-state index in [4.69, 9.17) is 0 Å². The van der Waals surface area contributed by atoms with Gasteiger partial charge in [-0.05, 0) is 54.4 Å². The highest BCUT2D eigenvalue weighted by molar-refractivity contribution is 7.90. The van der Waals surface area contributed by atoms with Crippen LogP contribution in [0.1, 0.15) is 11.5 Å². The van der Waals surface area contributed by atoms with Gasteiger partial charge in [-0.25, -0.2) is 31.3 Å². The molecule has 0 aliphatic rings.